The number of hydrogen-bond acceptors (Lipinski definition) is 4. The first-order valence-electron chi connectivity index (χ1n) is 6.53. The maximum absolute atomic E-state index is 12.2. The zero-order chi connectivity index (χ0) is 16.4. The number of thiophene rings is 1. The molecule has 0 spiro atoms. The SMILES string of the molecule is O=C(NNC(=O)c1ccc[nH]c1=O)c1sc2ccccc2c1Cl. The molecule has 8 heteroatoms. The minimum atomic E-state index is -0.711. The Kier molecular flexibility index (Phi) is 4.14. The van der Waals surface area contributed by atoms with Gasteiger partial charge < -0.3 is 4.98 Å². The molecular weight excluding hydrogens is 338 g/mol. The van der Waals surface area contributed by atoms with E-state index in [1.165, 1.54) is 29.7 Å². The van der Waals surface area contributed by atoms with Gasteiger partial charge in [-0.1, -0.05) is 29.8 Å². The molecule has 0 aliphatic heterocycles. The number of hydrazine groups is 1. The Bertz CT molecular complexity index is 964. The second-order valence-corrected chi connectivity index (χ2v) is 5.99. The van der Waals surface area contributed by atoms with E-state index in [0.29, 0.717) is 5.02 Å². The molecule has 6 nitrogen and oxygen atoms in total. The van der Waals surface area contributed by atoms with Gasteiger partial charge in [0.2, 0.25) is 0 Å². The quantitative estimate of drug-likeness (QED) is 0.621. The Labute approximate surface area is 139 Å². The van der Waals surface area contributed by atoms with Gasteiger partial charge in [0.25, 0.3) is 17.4 Å². The average Bonchev–Trinajstić information content (AvgIpc) is 2.90. The fraction of sp³-hybridized carbons (Fsp3) is 0. The molecule has 3 rings (SSSR count). The number of benzene rings is 1. The van der Waals surface area contributed by atoms with Crippen LogP contribution in [0.5, 0.6) is 0 Å². The molecule has 0 saturated carbocycles. The van der Waals surface area contributed by atoms with Crippen molar-refractivity contribution in [3.8, 4) is 0 Å². The third-order valence-electron chi connectivity index (χ3n) is 3.09. The molecule has 2 heterocycles. The summed E-state index contributed by atoms with van der Waals surface area (Å²) in [4.78, 5) is 38.2. The molecule has 0 aliphatic rings. The van der Waals surface area contributed by atoms with E-state index in [9.17, 15) is 14.4 Å². The van der Waals surface area contributed by atoms with Gasteiger partial charge in [0.15, 0.2) is 0 Å². The summed E-state index contributed by atoms with van der Waals surface area (Å²) in [5.41, 5.74) is 3.82. The first-order valence-corrected chi connectivity index (χ1v) is 7.73. The fourth-order valence-electron chi connectivity index (χ4n) is 2.00. The number of halogens is 1. The minimum Gasteiger partial charge on any atom is -0.328 e. The van der Waals surface area contributed by atoms with Gasteiger partial charge in [0.1, 0.15) is 10.4 Å². The summed E-state index contributed by atoms with van der Waals surface area (Å²) in [6.45, 7) is 0. The van der Waals surface area contributed by atoms with Crippen LogP contribution in [0, 0.1) is 0 Å². The van der Waals surface area contributed by atoms with E-state index in [2.05, 4.69) is 15.8 Å². The Morgan fingerprint density at radius 1 is 1.04 bits per heavy atom. The van der Waals surface area contributed by atoms with Crippen LogP contribution < -0.4 is 16.4 Å². The van der Waals surface area contributed by atoms with Crippen molar-refractivity contribution in [3.05, 3.63) is 68.4 Å². The van der Waals surface area contributed by atoms with Crippen molar-refractivity contribution < 1.29 is 9.59 Å². The van der Waals surface area contributed by atoms with Crippen molar-refractivity contribution >= 4 is 44.8 Å². The number of aromatic nitrogens is 1. The molecule has 1 aromatic carbocycles. The zero-order valence-corrected chi connectivity index (χ0v) is 13.1. The molecule has 0 bridgehead atoms. The molecule has 0 atom stereocenters. The molecule has 2 amide bonds. The number of rotatable bonds is 2. The summed E-state index contributed by atoms with van der Waals surface area (Å²) in [5.74, 6) is -1.26. The number of carbonyl (C=O) groups excluding carboxylic acids is 2. The molecule has 0 aliphatic carbocycles. The van der Waals surface area contributed by atoms with Crippen molar-refractivity contribution in [1.82, 2.24) is 15.8 Å². The molecule has 3 aromatic rings. The highest BCUT2D eigenvalue weighted by Crippen LogP contribution is 2.34. The third kappa shape index (κ3) is 2.96. The molecule has 0 fully saturated rings. The highest BCUT2D eigenvalue weighted by atomic mass is 35.5. The summed E-state index contributed by atoms with van der Waals surface area (Å²) in [6, 6.07) is 10.2. The Hall–Kier alpha value is -2.64. The van der Waals surface area contributed by atoms with E-state index >= 15 is 0 Å². The van der Waals surface area contributed by atoms with E-state index < -0.39 is 17.4 Å². The Morgan fingerprint density at radius 3 is 2.52 bits per heavy atom. The van der Waals surface area contributed by atoms with E-state index in [4.69, 9.17) is 11.6 Å². The maximum Gasteiger partial charge on any atom is 0.281 e. The number of pyridine rings is 1. The van der Waals surface area contributed by atoms with Crippen molar-refractivity contribution in [2.75, 3.05) is 0 Å². The van der Waals surface area contributed by atoms with Crippen LogP contribution in [0.2, 0.25) is 5.02 Å². The number of carbonyl (C=O) groups is 2. The number of nitrogens with one attached hydrogen (secondary N) is 3. The van der Waals surface area contributed by atoms with Crippen LogP contribution in [0.25, 0.3) is 10.1 Å². The lowest BCUT2D eigenvalue weighted by molar-refractivity contribution is 0.0848. The third-order valence-corrected chi connectivity index (χ3v) is 4.77. The zero-order valence-electron chi connectivity index (χ0n) is 11.6. The molecular formula is C15H10ClN3O3S. The lowest BCUT2D eigenvalue weighted by Gasteiger charge is -2.05. The predicted octanol–water partition coefficient (Wildman–Crippen LogP) is 2.32. The number of fused-ring (bicyclic) bond motifs is 1. The smallest absolute Gasteiger partial charge is 0.281 e. The van der Waals surface area contributed by atoms with Crippen LogP contribution in [-0.4, -0.2) is 16.8 Å². The summed E-state index contributed by atoms with van der Waals surface area (Å²) in [5, 5.41) is 1.10. The molecule has 0 unspecified atom stereocenters. The lowest BCUT2D eigenvalue weighted by Crippen LogP contribution is -2.43. The highest BCUT2D eigenvalue weighted by molar-refractivity contribution is 7.21. The first-order chi connectivity index (χ1) is 11.1. The van der Waals surface area contributed by atoms with E-state index in [-0.39, 0.29) is 10.4 Å². The van der Waals surface area contributed by atoms with Gasteiger partial charge in [0, 0.05) is 16.3 Å². The second kappa shape index (κ2) is 6.23. The van der Waals surface area contributed by atoms with Crippen LogP contribution in [0.15, 0.2) is 47.4 Å². The average molecular weight is 348 g/mol. The topological polar surface area (TPSA) is 91.1 Å². The molecule has 116 valence electrons. The monoisotopic (exact) mass is 347 g/mol. The van der Waals surface area contributed by atoms with Crippen molar-refractivity contribution in [2.45, 2.75) is 0 Å². The molecule has 0 radical (unpaired) electrons. The minimum absolute atomic E-state index is 0.102. The fourth-order valence-corrected chi connectivity index (χ4v) is 3.41. The van der Waals surface area contributed by atoms with Crippen molar-refractivity contribution in [1.29, 1.82) is 0 Å². The van der Waals surface area contributed by atoms with Crippen LogP contribution in [-0.2, 0) is 0 Å². The lowest BCUT2D eigenvalue weighted by atomic mass is 10.2. The highest BCUT2D eigenvalue weighted by Gasteiger charge is 2.18. The summed E-state index contributed by atoms with van der Waals surface area (Å²) in [7, 11) is 0. The number of hydrogen-bond donors (Lipinski definition) is 3. The number of aromatic amines is 1. The van der Waals surface area contributed by atoms with Crippen LogP contribution >= 0.6 is 22.9 Å². The van der Waals surface area contributed by atoms with Crippen molar-refractivity contribution in [3.63, 3.8) is 0 Å². The van der Waals surface area contributed by atoms with E-state index in [1.807, 2.05) is 24.3 Å². The molecule has 23 heavy (non-hydrogen) atoms. The summed E-state index contributed by atoms with van der Waals surface area (Å²) < 4.78 is 0.869. The number of H-pyrrole nitrogens is 1. The standard InChI is InChI=1S/C15H10ClN3O3S/c16-11-8-4-1-2-6-10(8)23-12(11)15(22)19-18-14(21)9-5-3-7-17-13(9)20/h1-7H,(H,17,20)(H,18,21)(H,19,22). The molecule has 3 N–H and O–H groups in total. The Morgan fingerprint density at radius 2 is 1.78 bits per heavy atom. The summed E-state index contributed by atoms with van der Waals surface area (Å²) in [6.07, 6.45) is 1.41. The second-order valence-electron chi connectivity index (χ2n) is 4.56. The predicted molar refractivity (Wildman–Crippen MR) is 88.8 cm³/mol. The van der Waals surface area contributed by atoms with Gasteiger partial charge in [-0.05, 0) is 18.2 Å². The van der Waals surface area contributed by atoms with Crippen LogP contribution in [0.3, 0.4) is 0 Å². The van der Waals surface area contributed by atoms with Gasteiger partial charge in [-0.2, -0.15) is 0 Å². The van der Waals surface area contributed by atoms with Gasteiger partial charge >= 0.3 is 0 Å². The van der Waals surface area contributed by atoms with Crippen LogP contribution in [0.4, 0.5) is 0 Å². The van der Waals surface area contributed by atoms with Crippen molar-refractivity contribution in [2.24, 2.45) is 0 Å². The van der Waals surface area contributed by atoms with Gasteiger partial charge in [-0.25, -0.2) is 0 Å². The van der Waals surface area contributed by atoms with Crippen LogP contribution in [0.1, 0.15) is 20.0 Å². The van der Waals surface area contributed by atoms with Gasteiger partial charge in [-0.3, -0.25) is 25.2 Å². The van der Waals surface area contributed by atoms with E-state index in [0.717, 1.165) is 10.1 Å². The largest absolute Gasteiger partial charge is 0.328 e. The van der Waals surface area contributed by atoms with Gasteiger partial charge in [0.05, 0.1) is 5.02 Å². The number of amides is 2. The summed E-state index contributed by atoms with van der Waals surface area (Å²) >= 11 is 7.41. The first kappa shape index (κ1) is 15.3. The molecule has 2 aromatic heterocycles. The van der Waals surface area contributed by atoms with Gasteiger partial charge in [-0.15, -0.1) is 11.3 Å². The Balaban J connectivity index is 1.76. The van der Waals surface area contributed by atoms with E-state index in [1.54, 1.807) is 0 Å². The maximum atomic E-state index is 12.2. The normalized spacial score (nSPS) is 10.5. The molecule has 0 saturated heterocycles.